The number of rotatable bonds is 7. The molecule has 4 nitrogen and oxygen atoms in total. The maximum atomic E-state index is 12.8. The number of ether oxygens (including phenoxy) is 1. The molecular formula is C26H28N2O2. The third-order valence-electron chi connectivity index (χ3n) is 5.59. The van der Waals surface area contributed by atoms with Crippen molar-refractivity contribution in [1.29, 1.82) is 0 Å². The van der Waals surface area contributed by atoms with Crippen LogP contribution in [0.25, 0.3) is 11.1 Å². The maximum Gasteiger partial charge on any atom is 0.260 e. The van der Waals surface area contributed by atoms with Gasteiger partial charge in [-0.1, -0.05) is 66.7 Å². The van der Waals surface area contributed by atoms with Gasteiger partial charge < -0.3 is 14.5 Å². The highest BCUT2D eigenvalue weighted by Crippen LogP contribution is 2.30. The van der Waals surface area contributed by atoms with E-state index in [2.05, 4.69) is 23.1 Å². The molecule has 1 saturated heterocycles. The van der Waals surface area contributed by atoms with Crippen LogP contribution >= 0.6 is 0 Å². The minimum absolute atomic E-state index is 0.0201. The van der Waals surface area contributed by atoms with Crippen LogP contribution in [-0.4, -0.2) is 37.6 Å². The van der Waals surface area contributed by atoms with Gasteiger partial charge in [0, 0.05) is 37.9 Å². The Labute approximate surface area is 178 Å². The quantitative estimate of drug-likeness (QED) is 0.560. The summed E-state index contributed by atoms with van der Waals surface area (Å²) in [5.41, 5.74) is 4.49. The van der Waals surface area contributed by atoms with Gasteiger partial charge in [-0.05, 0) is 36.1 Å². The highest BCUT2D eigenvalue weighted by molar-refractivity contribution is 5.78. The van der Waals surface area contributed by atoms with Crippen molar-refractivity contribution in [1.82, 2.24) is 4.90 Å². The number of hydrogen-bond acceptors (Lipinski definition) is 3. The first-order chi connectivity index (χ1) is 14.7. The number of amides is 1. The monoisotopic (exact) mass is 400 g/mol. The molecule has 0 N–H and O–H groups in total. The van der Waals surface area contributed by atoms with Gasteiger partial charge in [0.05, 0.1) is 0 Å². The van der Waals surface area contributed by atoms with Crippen molar-refractivity contribution in [3.05, 3.63) is 84.4 Å². The highest BCUT2D eigenvalue weighted by Gasteiger charge is 2.18. The van der Waals surface area contributed by atoms with Crippen LogP contribution in [0.15, 0.2) is 78.9 Å². The van der Waals surface area contributed by atoms with Gasteiger partial charge in [-0.15, -0.1) is 0 Å². The standard InChI is InChI=1S/C26H28N2O2/c1-27(19-22-13-5-7-15-24(22)28-17-9-10-18-28)26(29)20-30-25-16-8-6-14-23(25)21-11-3-2-4-12-21/h2-8,11-16H,9-10,17-20H2,1H3. The van der Waals surface area contributed by atoms with E-state index in [-0.39, 0.29) is 12.5 Å². The lowest BCUT2D eigenvalue weighted by Gasteiger charge is -2.24. The summed E-state index contributed by atoms with van der Waals surface area (Å²) in [5.74, 6) is 0.692. The average molecular weight is 401 g/mol. The topological polar surface area (TPSA) is 32.8 Å². The van der Waals surface area contributed by atoms with Crippen LogP contribution in [-0.2, 0) is 11.3 Å². The van der Waals surface area contributed by atoms with Crippen LogP contribution < -0.4 is 9.64 Å². The van der Waals surface area contributed by atoms with Crippen molar-refractivity contribution < 1.29 is 9.53 Å². The number of anilines is 1. The number of likely N-dealkylation sites (N-methyl/N-ethyl adjacent to an activating group) is 1. The zero-order valence-corrected chi connectivity index (χ0v) is 17.5. The second-order valence-corrected chi connectivity index (χ2v) is 7.72. The summed E-state index contributed by atoms with van der Waals surface area (Å²) in [5, 5.41) is 0. The zero-order valence-electron chi connectivity index (χ0n) is 17.5. The van der Waals surface area contributed by atoms with Crippen LogP contribution in [0.4, 0.5) is 5.69 Å². The summed E-state index contributed by atoms with van der Waals surface area (Å²) >= 11 is 0. The van der Waals surface area contributed by atoms with E-state index in [4.69, 9.17) is 4.74 Å². The Balaban J connectivity index is 1.41. The van der Waals surface area contributed by atoms with E-state index in [9.17, 15) is 4.79 Å². The molecule has 0 bridgehead atoms. The fourth-order valence-electron chi connectivity index (χ4n) is 3.95. The van der Waals surface area contributed by atoms with Gasteiger partial charge in [0.2, 0.25) is 0 Å². The fourth-order valence-corrected chi connectivity index (χ4v) is 3.95. The summed E-state index contributed by atoms with van der Waals surface area (Å²) in [4.78, 5) is 17.0. The number of para-hydroxylation sites is 2. The Bertz CT molecular complexity index is 981. The molecule has 1 aliphatic heterocycles. The zero-order chi connectivity index (χ0) is 20.8. The van der Waals surface area contributed by atoms with Gasteiger partial charge in [-0.3, -0.25) is 4.79 Å². The summed E-state index contributed by atoms with van der Waals surface area (Å²) in [7, 11) is 1.84. The minimum Gasteiger partial charge on any atom is -0.483 e. The lowest BCUT2D eigenvalue weighted by Crippen LogP contribution is -2.32. The molecule has 30 heavy (non-hydrogen) atoms. The first-order valence-electron chi connectivity index (χ1n) is 10.6. The smallest absolute Gasteiger partial charge is 0.260 e. The van der Waals surface area contributed by atoms with Crippen LogP contribution in [0.5, 0.6) is 5.75 Å². The van der Waals surface area contributed by atoms with E-state index in [1.54, 1.807) is 4.90 Å². The van der Waals surface area contributed by atoms with Crippen molar-refractivity contribution in [3.8, 4) is 16.9 Å². The number of carbonyl (C=O) groups excluding carboxylic acids is 1. The number of nitrogens with zero attached hydrogens (tertiary/aromatic N) is 2. The predicted molar refractivity (Wildman–Crippen MR) is 122 cm³/mol. The van der Waals surface area contributed by atoms with Gasteiger partial charge in [0.15, 0.2) is 6.61 Å². The second kappa shape index (κ2) is 9.49. The predicted octanol–water partition coefficient (Wildman–Crippen LogP) is 4.99. The molecule has 1 fully saturated rings. The van der Waals surface area contributed by atoms with E-state index >= 15 is 0 Å². The Kier molecular flexibility index (Phi) is 6.33. The highest BCUT2D eigenvalue weighted by atomic mass is 16.5. The van der Waals surface area contributed by atoms with E-state index in [1.165, 1.54) is 24.1 Å². The van der Waals surface area contributed by atoms with E-state index in [0.717, 1.165) is 30.0 Å². The summed E-state index contributed by atoms with van der Waals surface area (Å²) < 4.78 is 5.94. The van der Waals surface area contributed by atoms with Crippen LogP contribution in [0.2, 0.25) is 0 Å². The Morgan fingerprint density at radius 3 is 2.37 bits per heavy atom. The van der Waals surface area contributed by atoms with Gasteiger partial charge >= 0.3 is 0 Å². The average Bonchev–Trinajstić information content (AvgIpc) is 3.33. The maximum absolute atomic E-state index is 12.8. The largest absolute Gasteiger partial charge is 0.483 e. The van der Waals surface area contributed by atoms with E-state index in [0.29, 0.717) is 6.54 Å². The molecule has 3 aromatic rings. The molecule has 4 rings (SSSR count). The third kappa shape index (κ3) is 4.65. The molecule has 1 amide bonds. The second-order valence-electron chi connectivity index (χ2n) is 7.72. The molecule has 0 unspecified atom stereocenters. The molecule has 1 aliphatic rings. The third-order valence-corrected chi connectivity index (χ3v) is 5.59. The molecule has 4 heteroatoms. The normalized spacial score (nSPS) is 13.3. The number of benzene rings is 3. The van der Waals surface area contributed by atoms with Gasteiger partial charge in [-0.2, -0.15) is 0 Å². The number of carbonyl (C=O) groups is 1. The Hall–Kier alpha value is -3.27. The van der Waals surface area contributed by atoms with Gasteiger partial charge in [0.1, 0.15) is 5.75 Å². The fraction of sp³-hybridized carbons (Fsp3) is 0.269. The molecule has 0 aliphatic carbocycles. The summed E-state index contributed by atoms with van der Waals surface area (Å²) in [6, 6.07) is 26.3. The first-order valence-corrected chi connectivity index (χ1v) is 10.6. The lowest BCUT2D eigenvalue weighted by molar-refractivity contribution is -0.132. The Morgan fingerprint density at radius 1 is 0.900 bits per heavy atom. The van der Waals surface area contributed by atoms with Crippen LogP contribution in [0.1, 0.15) is 18.4 Å². The molecule has 0 atom stereocenters. The van der Waals surface area contributed by atoms with Crippen molar-refractivity contribution in [2.24, 2.45) is 0 Å². The Morgan fingerprint density at radius 2 is 1.57 bits per heavy atom. The van der Waals surface area contributed by atoms with Crippen molar-refractivity contribution in [3.63, 3.8) is 0 Å². The van der Waals surface area contributed by atoms with Crippen molar-refractivity contribution >= 4 is 11.6 Å². The van der Waals surface area contributed by atoms with Crippen LogP contribution in [0.3, 0.4) is 0 Å². The first kappa shape index (κ1) is 20.0. The SMILES string of the molecule is CN(Cc1ccccc1N1CCCC1)C(=O)COc1ccccc1-c1ccccc1. The molecule has 1 heterocycles. The summed E-state index contributed by atoms with van der Waals surface area (Å²) in [6.07, 6.45) is 2.47. The van der Waals surface area contributed by atoms with E-state index < -0.39 is 0 Å². The van der Waals surface area contributed by atoms with Crippen molar-refractivity contribution in [2.45, 2.75) is 19.4 Å². The molecule has 0 aromatic heterocycles. The molecule has 0 saturated carbocycles. The lowest BCUT2D eigenvalue weighted by atomic mass is 10.1. The summed E-state index contributed by atoms with van der Waals surface area (Å²) in [6.45, 7) is 2.78. The van der Waals surface area contributed by atoms with E-state index in [1.807, 2.05) is 67.7 Å². The molecule has 154 valence electrons. The van der Waals surface area contributed by atoms with Crippen molar-refractivity contribution in [2.75, 3.05) is 31.6 Å². The van der Waals surface area contributed by atoms with Crippen LogP contribution in [0, 0.1) is 0 Å². The molecule has 0 spiro atoms. The van der Waals surface area contributed by atoms with Gasteiger partial charge in [-0.25, -0.2) is 0 Å². The molecule has 0 radical (unpaired) electrons. The number of hydrogen-bond donors (Lipinski definition) is 0. The minimum atomic E-state index is -0.0333. The van der Waals surface area contributed by atoms with Gasteiger partial charge in [0.25, 0.3) is 5.91 Å². The molecule has 3 aromatic carbocycles. The molecular weight excluding hydrogens is 372 g/mol.